The van der Waals surface area contributed by atoms with Gasteiger partial charge in [-0.25, -0.2) is 9.18 Å². The Kier molecular flexibility index (Phi) is 4.59. The average molecular weight is 307 g/mol. The van der Waals surface area contributed by atoms with Gasteiger partial charge in [0.15, 0.2) is 0 Å². The highest BCUT2D eigenvalue weighted by Crippen LogP contribution is 2.21. The second kappa shape index (κ2) is 6.62. The standard InChI is InChI=1S/C16H22FN3O2/c17-13-3-1-12(2-4-13)15(21)11-19-8-5-14(6-9-19)20-10-7-18-16(20)22/h1-4,14-15,21H,5-11H2,(H,18,22). The zero-order valence-corrected chi connectivity index (χ0v) is 12.5. The largest absolute Gasteiger partial charge is 0.387 e. The Labute approximate surface area is 129 Å². The third kappa shape index (κ3) is 3.39. The summed E-state index contributed by atoms with van der Waals surface area (Å²) < 4.78 is 12.9. The van der Waals surface area contributed by atoms with Crippen molar-refractivity contribution in [2.45, 2.75) is 25.0 Å². The predicted molar refractivity (Wildman–Crippen MR) is 80.9 cm³/mol. The molecule has 2 amide bonds. The molecule has 2 aliphatic heterocycles. The van der Waals surface area contributed by atoms with Gasteiger partial charge < -0.3 is 20.2 Å². The summed E-state index contributed by atoms with van der Waals surface area (Å²) in [6.07, 6.45) is 1.26. The van der Waals surface area contributed by atoms with Gasteiger partial charge in [0.05, 0.1) is 6.10 Å². The number of hydrogen-bond acceptors (Lipinski definition) is 3. The van der Waals surface area contributed by atoms with Gasteiger partial charge in [-0.2, -0.15) is 0 Å². The Bertz CT molecular complexity index is 515. The van der Waals surface area contributed by atoms with Crippen LogP contribution in [0, 0.1) is 5.82 Å². The number of aliphatic hydroxyl groups excluding tert-OH is 1. The van der Waals surface area contributed by atoms with E-state index in [0.29, 0.717) is 12.6 Å². The Morgan fingerprint density at radius 1 is 1.23 bits per heavy atom. The van der Waals surface area contributed by atoms with E-state index in [4.69, 9.17) is 0 Å². The summed E-state index contributed by atoms with van der Waals surface area (Å²) in [5.74, 6) is -0.291. The average Bonchev–Trinajstić information content (AvgIpc) is 2.95. The second-order valence-corrected chi connectivity index (χ2v) is 6.02. The van der Waals surface area contributed by atoms with Crippen molar-refractivity contribution in [2.75, 3.05) is 32.7 Å². The lowest BCUT2D eigenvalue weighted by atomic mass is 10.0. The van der Waals surface area contributed by atoms with Gasteiger partial charge in [-0.05, 0) is 30.5 Å². The third-order valence-electron chi connectivity index (χ3n) is 4.57. The molecule has 2 saturated heterocycles. The van der Waals surface area contributed by atoms with Crippen LogP contribution in [0.3, 0.4) is 0 Å². The van der Waals surface area contributed by atoms with Crippen LogP contribution in [0.2, 0.25) is 0 Å². The molecule has 22 heavy (non-hydrogen) atoms. The molecular formula is C16H22FN3O2. The number of halogens is 1. The van der Waals surface area contributed by atoms with Gasteiger partial charge in [0.2, 0.25) is 0 Å². The highest BCUT2D eigenvalue weighted by atomic mass is 19.1. The highest BCUT2D eigenvalue weighted by molar-refractivity contribution is 5.76. The Balaban J connectivity index is 1.49. The normalized spacial score (nSPS) is 21.9. The van der Waals surface area contributed by atoms with E-state index in [1.807, 2.05) is 4.90 Å². The Morgan fingerprint density at radius 3 is 2.50 bits per heavy atom. The van der Waals surface area contributed by atoms with Crippen LogP contribution in [0.15, 0.2) is 24.3 Å². The molecule has 1 aromatic rings. The minimum Gasteiger partial charge on any atom is -0.387 e. The molecule has 0 aliphatic carbocycles. The molecule has 0 spiro atoms. The molecular weight excluding hydrogens is 285 g/mol. The number of carbonyl (C=O) groups excluding carboxylic acids is 1. The number of likely N-dealkylation sites (tertiary alicyclic amines) is 1. The molecule has 0 radical (unpaired) electrons. The fourth-order valence-corrected chi connectivity index (χ4v) is 3.28. The van der Waals surface area contributed by atoms with E-state index in [1.54, 1.807) is 12.1 Å². The third-order valence-corrected chi connectivity index (χ3v) is 4.57. The van der Waals surface area contributed by atoms with Gasteiger partial charge in [-0.15, -0.1) is 0 Å². The van der Waals surface area contributed by atoms with Crippen LogP contribution in [0.5, 0.6) is 0 Å². The number of benzene rings is 1. The first kappa shape index (κ1) is 15.2. The van der Waals surface area contributed by atoms with Crippen molar-refractivity contribution in [3.8, 4) is 0 Å². The summed E-state index contributed by atoms with van der Waals surface area (Å²) in [5, 5.41) is 13.1. The Morgan fingerprint density at radius 2 is 1.91 bits per heavy atom. The van der Waals surface area contributed by atoms with Crippen molar-refractivity contribution in [1.82, 2.24) is 15.1 Å². The van der Waals surface area contributed by atoms with Gasteiger partial charge in [0.25, 0.3) is 0 Å². The number of nitrogens with one attached hydrogen (secondary N) is 1. The molecule has 1 unspecified atom stereocenters. The molecule has 6 heteroatoms. The van der Waals surface area contributed by atoms with Crippen LogP contribution in [0.25, 0.3) is 0 Å². The molecule has 1 aromatic carbocycles. The number of nitrogens with zero attached hydrogens (tertiary/aromatic N) is 2. The van der Waals surface area contributed by atoms with E-state index in [9.17, 15) is 14.3 Å². The molecule has 1 atom stereocenters. The first-order valence-corrected chi connectivity index (χ1v) is 7.84. The van der Waals surface area contributed by atoms with E-state index < -0.39 is 6.10 Å². The molecule has 2 heterocycles. The molecule has 0 saturated carbocycles. The number of hydrogen-bond donors (Lipinski definition) is 2. The number of aliphatic hydroxyl groups is 1. The summed E-state index contributed by atoms with van der Waals surface area (Å²) in [5.41, 5.74) is 0.738. The molecule has 2 aliphatic rings. The lowest BCUT2D eigenvalue weighted by Gasteiger charge is -2.36. The van der Waals surface area contributed by atoms with E-state index in [2.05, 4.69) is 10.2 Å². The first-order chi connectivity index (χ1) is 10.6. The van der Waals surface area contributed by atoms with Crippen LogP contribution in [0.1, 0.15) is 24.5 Å². The van der Waals surface area contributed by atoms with Crippen molar-refractivity contribution >= 4 is 6.03 Å². The maximum atomic E-state index is 12.9. The topological polar surface area (TPSA) is 55.8 Å². The SMILES string of the molecule is O=C1NCCN1C1CCN(CC(O)c2ccc(F)cc2)CC1. The van der Waals surface area contributed by atoms with E-state index in [1.165, 1.54) is 12.1 Å². The lowest BCUT2D eigenvalue weighted by molar-refractivity contribution is 0.0795. The van der Waals surface area contributed by atoms with Crippen molar-refractivity contribution in [3.63, 3.8) is 0 Å². The fraction of sp³-hybridized carbons (Fsp3) is 0.562. The Hall–Kier alpha value is -1.66. The molecule has 120 valence electrons. The summed E-state index contributed by atoms with van der Waals surface area (Å²) in [6.45, 7) is 3.81. The molecule has 2 N–H and O–H groups in total. The minimum absolute atomic E-state index is 0.0461. The minimum atomic E-state index is -0.604. The number of β-amino-alcohol motifs (C(OH)–C–C–N with tert-alkyl or cyclic N) is 1. The number of urea groups is 1. The summed E-state index contributed by atoms with van der Waals surface area (Å²) >= 11 is 0. The van der Waals surface area contributed by atoms with E-state index in [0.717, 1.165) is 44.6 Å². The summed E-state index contributed by atoms with van der Waals surface area (Å²) in [7, 11) is 0. The number of rotatable bonds is 4. The zero-order chi connectivity index (χ0) is 15.5. The van der Waals surface area contributed by atoms with Crippen molar-refractivity contribution < 1.29 is 14.3 Å². The maximum absolute atomic E-state index is 12.9. The lowest BCUT2D eigenvalue weighted by Crippen LogP contribution is -2.46. The smallest absolute Gasteiger partial charge is 0.317 e. The van der Waals surface area contributed by atoms with E-state index in [-0.39, 0.29) is 11.8 Å². The fourth-order valence-electron chi connectivity index (χ4n) is 3.28. The van der Waals surface area contributed by atoms with Crippen molar-refractivity contribution in [2.24, 2.45) is 0 Å². The van der Waals surface area contributed by atoms with E-state index >= 15 is 0 Å². The molecule has 0 aromatic heterocycles. The molecule has 0 bridgehead atoms. The van der Waals surface area contributed by atoms with Crippen molar-refractivity contribution in [3.05, 3.63) is 35.6 Å². The molecule has 5 nitrogen and oxygen atoms in total. The zero-order valence-electron chi connectivity index (χ0n) is 12.5. The van der Waals surface area contributed by atoms with Gasteiger partial charge in [-0.1, -0.05) is 12.1 Å². The van der Waals surface area contributed by atoms with Gasteiger partial charge in [-0.3, -0.25) is 0 Å². The summed E-state index contributed by atoms with van der Waals surface area (Å²) in [4.78, 5) is 15.8. The van der Waals surface area contributed by atoms with Crippen molar-refractivity contribution in [1.29, 1.82) is 0 Å². The molecule has 2 fully saturated rings. The summed E-state index contributed by atoms with van der Waals surface area (Å²) in [6, 6.07) is 6.35. The first-order valence-electron chi connectivity index (χ1n) is 7.84. The van der Waals surface area contributed by atoms with Gasteiger partial charge in [0, 0.05) is 38.8 Å². The number of carbonyl (C=O) groups is 1. The predicted octanol–water partition coefficient (Wildman–Crippen LogP) is 1.35. The second-order valence-electron chi connectivity index (χ2n) is 6.02. The van der Waals surface area contributed by atoms with Gasteiger partial charge >= 0.3 is 6.03 Å². The number of piperidine rings is 1. The monoisotopic (exact) mass is 307 g/mol. The highest BCUT2D eigenvalue weighted by Gasteiger charge is 2.31. The quantitative estimate of drug-likeness (QED) is 0.883. The van der Waals surface area contributed by atoms with Crippen LogP contribution in [-0.4, -0.2) is 59.7 Å². The van der Waals surface area contributed by atoms with Crippen LogP contribution in [-0.2, 0) is 0 Å². The maximum Gasteiger partial charge on any atom is 0.317 e. The molecule has 3 rings (SSSR count). The van der Waals surface area contributed by atoms with Crippen LogP contribution >= 0.6 is 0 Å². The van der Waals surface area contributed by atoms with Gasteiger partial charge in [0.1, 0.15) is 5.82 Å². The van der Waals surface area contributed by atoms with Crippen LogP contribution < -0.4 is 5.32 Å². The van der Waals surface area contributed by atoms with Crippen LogP contribution in [0.4, 0.5) is 9.18 Å². The number of amides is 2.